The monoisotopic (exact) mass is 511 g/mol. The quantitative estimate of drug-likeness (QED) is 0.231. The number of fused-ring (bicyclic) bond motifs is 1. The first-order valence-corrected chi connectivity index (χ1v) is 13.4. The molecule has 2 heterocycles. The van der Waals surface area contributed by atoms with Crippen LogP contribution in [0.5, 0.6) is 0 Å². The fourth-order valence-electron chi connectivity index (χ4n) is 5.12. The maximum atomic E-state index is 4.99. The second kappa shape index (κ2) is 10.4. The smallest absolute Gasteiger partial charge is 0.160 e. The molecule has 0 amide bonds. The number of rotatable bonds is 5. The largest absolute Gasteiger partial charge is 0.256 e. The third kappa shape index (κ3) is 4.65. The van der Waals surface area contributed by atoms with Crippen molar-refractivity contribution in [2.45, 2.75) is 0 Å². The molecule has 3 heteroatoms. The van der Waals surface area contributed by atoms with Gasteiger partial charge in [-0.25, -0.2) is 9.97 Å². The van der Waals surface area contributed by atoms with Gasteiger partial charge in [0.15, 0.2) is 5.82 Å². The molecule has 0 unspecified atom stereocenters. The van der Waals surface area contributed by atoms with Crippen LogP contribution in [0.1, 0.15) is 0 Å². The molecule has 0 radical (unpaired) electrons. The van der Waals surface area contributed by atoms with E-state index in [2.05, 4.69) is 102 Å². The van der Waals surface area contributed by atoms with Gasteiger partial charge in [0.25, 0.3) is 0 Å². The first kappa shape index (κ1) is 23.7. The number of hydrogen-bond donors (Lipinski definition) is 0. The van der Waals surface area contributed by atoms with Gasteiger partial charge < -0.3 is 0 Å². The van der Waals surface area contributed by atoms with Crippen LogP contribution in [0.3, 0.4) is 0 Å². The molecule has 188 valence electrons. The van der Waals surface area contributed by atoms with Gasteiger partial charge >= 0.3 is 0 Å². The van der Waals surface area contributed by atoms with Crippen LogP contribution in [-0.2, 0) is 0 Å². The fourth-order valence-corrected chi connectivity index (χ4v) is 5.12. The molecule has 0 saturated heterocycles. The summed E-state index contributed by atoms with van der Waals surface area (Å²) in [6, 6.07) is 50.2. The van der Waals surface area contributed by atoms with Crippen LogP contribution in [0.25, 0.3) is 67.1 Å². The summed E-state index contributed by atoms with van der Waals surface area (Å²) < 4.78 is 0. The molecular formula is C37H25N3. The van der Waals surface area contributed by atoms with Crippen LogP contribution in [-0.4, -0.2) is 15.0 Å². The molecule has 40 heavy (non-hydrogen) atoms. The van der Waals surface area contributed by atoms with E-state index in [0.29, 0.717) is 5.82 Å². The average molecular weight is 512 g/mol. The van der Waals surface area contributed by atoms with Gasteiger partial charge in [0.1, 0.15) is 0 Å². The summed E-state index contributed by atoms with van der Waals surface area (Å²) in [6.07, 6.45) is 1.84. The minimum absolute atomic E-state index is 0.707. The van der Waals surface area contributed by atoms with Crippen molar-refractivity contribution in [2.75, 3.05) is 0 Å². The lowest BCUT2D eigenvalue weighted by Gasteiger charge is -2.12. The summed E-state index contributed by atoms with van der Waals surface area (Å²) in [6.45, 7) is 0. The Kier molecular flexibility index (Phi) is 6.15. The molecular weight excluding hydrogens is 486 g/mol. The van der Waals surface area contributed by atoms with Gasteiger partial charge in [-0.1, -0.05) is 115 Å². The molecule has 0 aliphatic rings. The number of benzene rings is 5. The Morgan fingerprint density at radius 2 is 0.975 bits per heavy atom. The number of hydrogen-bond acceptors (Lipinski definition) is 3. The highest BCUT2D eigenvalue weighted by Crippen LogP contribution is 2.35. The van der Waals surface area contributed by atoms with Crippen LogP contribution >= 0.6 is 0 Å². The standard InChI is InChI=1S/C37H25N3/c1-3-11-27(12-4-1)35-25-36(28-13-5-2-6-14-28)40-37(39-35)29-20-18-26(19-21-29)33-24-31(34-17-9-10-22-38-34)23-30-15-7-8-16-32(30)33/h1-25H. The number of nitrogens with zero attached hydrogens (tertiary/aromatic N) is 3. The SMILES string of the molecule is c1ccc(-c2cc(-c3ccccc3)nc(-c3ccc(-c4cc(-c5ccccn5)cc5ccccc45)cc3)n2)cc1. The van der Waals surface area contributed by atoms with Crippen molar-refractivity contribution in [3.8, 4) is 56.3 Å². The Hall–Kier alpha value is -5.41. The highest BCUT2D eigenvalue weighted by molar-refractivity contribution is 6.00. The Bertz CT molecular complexity index is 1860. The van der Waals surface area contributed by atoms with Crippen molar-refractivity contribution >= 4 is 10.8 Å². The topological polar surface area (TPSA) is 38.7 Å². The zero-order chi connectivity index (χ0) is 26.7. The molecule has 0 bridgehead atoms. The average Bonchev–Trinajstić information content (AvgIpc) is 3.05. The Labute approximate surface area is 233 Å². The molecule has 3 nitrogen and oxygen atoms in total. The molecule has 7 rings (SSSR count). The molecule has 5 aromatic carbocycles. The fraction of sp³-hybridized carbons (Fsp3) is 0. The van der Waals surface area contributed by atoms with Crippen LogP contribution in [0.2, 0.25) is 0 Å². The highest BCUT2D eigenvalue weighted by atomic mass is 14.9. The van der Waals surface area contributed by atoms with Gasteiger partial charge in [0.05, 0.1) is 17.1 Å². The molecule has 7 aromatic rings. The molecule has 0 aliphatic heterocycles. The third-order valence-corrected chi connectivity index (χ3v) is 7.14. The predicted molar refractivity (Wildman–Crippen MR) is 165 cm³/mol. The van der Waals surface area contributed by atoms with E-state index in [9.17, 15) is 0 Å². The maximum absolute atomic E-state index is 4.99. The lowest BCUT2D eigenvalue weighted by atomic mass is 9.94. The molecule has 0 spiro atoms. The second-order valence-corrected chi connectivity index (χ2v) is 9.73. The van der Waals surface area contributed by atoms with Crippen molar-refractivity contribution in [3.05, 3.63) is 152 Å². The Balaban J connectivity index is 1.33. The van der Waals surface area contributed by atoms with Crippen LogP contribution in [0.4, 0.5) is 0 Å². The van der Waals surface area contributed by atoms with E-state index < -0.39 is 0 Å². The van der Waals surface area contributed by atoms with Crippen molar-refractivity contribution in [1.29, 1.82) is 0 Å². The van der Waals surface area contributed by atoms with Gasteiger partial charge in [0, 0.05) is 28.5 Å². The van der Waals surface area contributed by atoms with Gasteiger partial charge in [-0.05, 0) is 52.2 Å². The summed E-state index contributed by atoms with van der Waals surface area (Å²) in [5.74, 6) is 0.707. The van der Waals surface area contributed by atoms with Crippen molar-refractivity contribution in [1.82, 2.24) is 15.0 Å². The van der Waals surface area contributed by atoms with E-state index in [-0.39, 0.29) is 0 Å². The van der Waals surface area contributed by atoms with Gasteiger partial charge in [0.2, 0.25) is 0 Å². The first-order valence-electron chi connectivity index (χ1n) is 13.4. The predicted octanol–water partition coefficient (Wildman–Crippen LogP) is 9.36. The summed E-state index contributed by atoms with van der Waals surface area (Å²) in [5, 5.41) is 2.40. The van der Waals surface area contributed by atoms with Gasteiger partial charge in [-0.2, -0.15) is 0 Å². The summed E-state index contributed by atoms with van der Waals surface area (Å²) in [5.41, 5.74) is 9.30. The molecule has 2 aromatic heterocycles. The molecule has 0 aliphatic carbocycles. The van der Waals surface area contributed by atoms with E-state index in [1.54, 1.807) is 0 Å². The van der Waals surface area contributed by atoms with Crippen LogP contribution in [0.15, 0.2) is 152 Å². The number of aromatic nitrogens is 3. The van der Waals surface area contributed by atoms with E-state index in [1.165, 1.54) is 16.3 Å². The first-order chi connectivity index (χ1) is 19.8. The van der Waals surface area contributed by atoms with Crippen molar-refractivity contribution in [2.24, 2.45) is 0 Å². The third-order valence-electron chi connectivity index (χ3n) is 7.14. The summed E-state index contributed by atoms with van der Waals surface area (Å²) in [7, 11) is 0. The van der Waals surface area contributed by atoms with Gasteiger partial charge in [-0.15, -0.1) is 0 Å². The van der Waals surface area contributed by atoms with Crippen molar-refractivity contribution in [3.63, 3.8) is 0 Å². The van der Waals surface area contributed by atoms with Crippen LogP contribution < -0.4 is 0 Å². The Morgan fingerprint density at radius 3 is 1.62 bits per heavy atom. The summed E-state index contributed by atoms with van der Waals surface area (Å²) in [4.78, 5) is 14.6. The molecule has 0 N–H and O–H groups in total. The van der Waals surface area contributed by atoms with E-state index >= 15 is 0 Å². The zero-order valence-electron chi connectivity index (χ0n) is 21.8. The molecule has 0 fully saturated rings. The Morgan fingerprint density at radius 1 is 0.375 bits per heavy atom. The van der Waals surface area contributed by atoms with Crippen LogP contribution in [0, 0.1) is 0 Å². The minimum atomic E-state index is 0.707. The van der Waals surface area contributed by atoms with E-state index in [1.807, 2.05) is 54.7 Å². The van der Waals surface area contributed by atoms with Gasteiger partial charge in [-0.3, -0.25) is 4.98 Å². The molecule has 0 saturated carbocycles. The zero-order valence-corrected chi connectivity index (χ0v) is 21.8. The van der Waals surface area contributed by atoms with Crippen molar-refractivity contribution < 1.29 is 0 Å². The second-order valence-electron chi connectivity index (χ2n) is 9.73. The van der Waals surface area contributed by atoms with E-state index in [0.717, 1.165) is 44.9 Å². The number of pyridine rings is 1. The minimum Gasteiger partial charge on any atom is -0.256 e. The molecule has 0 atom stereocenters. The normalized spacial score (nSPS) is 11.0. The van der Waals surface area contributed by atoms with E-state index in [4.69, 9.17) is 9.97 Å². The summed E-state index contributed by atoms with van der Waals surface area (Å²) >= 11 is 0. The lowest BCUT2D eigenvalue weighted by Crippen LogP contribution is -1.96. The lowest BCUT2D eigenvalue weighted by molar-refractivity contribution is 1.18. The highest BCUT2D eigenvalue weighted by Gasteiger charge is 2.12. The maximum Gasteiger partial charge on any atom is 0.160 e.